The standard InChI is InChI=1S/C18H25N3O2/c1-18(2,3)16(9-12-22)20-17(23)13-14-5-7-15(8-6-14)21-11-4-10-19-21/h4-8,10-11,16,22H,9,12-13H2,1-3H3,(H,20,23). The van der Waals surface area contributed by atoms with Crippen LogP contribution in [0.5, 0.6) is 0 Å². The normalized spacial score (nSPS) is 12.9. The van der Waals surface area contributed by atoms with E-state index in [0.717, 1.165) is 11.3 Å². The van der Waals surface area contributed by atoms with Gasteiger partial charge >= 0.3 is 0 Å². The summed E-state index contributed by atoms with van der Waals surface area (Å²) in [6, 6.07) is 9.61. The zero-order valence-corrected chi connectivity index (χ0v) is 14.0. The fraction of sp³-hybridized carbons (Fsp3) is 0.444. The molecule has 1 heterocycles. The second kappa shape index (κ2) is 7.42. The van der Waals surface area contributed by atoms with E-state index in [1.165, 1.54) is 0 Å². The highest BCUT2D eigenvalue weighted by atomic mass is 16.3. The second-order valence-electron chi connectivity index (χ2n) is 6.79. The molecule has 2 aromatic rings. The molecular weight excluding hydrogens is 290 g/mol. The van der Waals surface area contributed by atoms with Crippen molar-refractivity contribution in [2.75, 3.05) is 6.61 Å². The van der Waals surface area contributed by atoms with Gasteiger partial charge in [-0.15, -0.1) is 0 Å². The molecule has 0 radical (unpaired) electrons. The highest BCUT2D eigenvalue weighted by molar-refractivity contribution is 5.79. The molecule has 1 aromatic carbocycles. The first-order valence-electron chi connectivity index (χ1n) is 7.89. The quantitative estimate of drug-likeness (QED) is 0.860. The Morgan fingerprint density at radius 3 is 2.52 bits per heavy atom. The van der Waals surface area contributed by atoms with Crippen LogP contribution in [0.25, 0.3) is 5.69 Å². The number of hydrogen-bond acceptors (Lipinski definition) is 3. The molecule has 0 saturated carbocycles. The lowest BCUT2D eigenvalue weighted by Gasteiger charge is -2.31. The number of nitrogens with one attached hydrogen (secondary N) is 1. The van der Waals surface area contributed by atoms with Crippen LogP contribution in [0.15, 0.2) is 42.7 Å². The summed E-state index contributed by atoms with van der Waals surface area (Å²) in [6.45, 7) is 6.26. The minimum absolute atomic E-state index is 0.0229. The number of carbonyl (C=O) groups is 1. The van der Waals surface area contributed by atoms with Gasteiger partial charge in [0.2, 0.25) is 5.91 Å². The van der Waals surface area contributed by atoms with Crippen LogP contribution in [0.4, 0.5) is 0 Å². The minimum atomic E-state index is -0.0810. The molecule has 0 aliphatic carbocycles. The topological polar surface area (TPSA) is 67.2 Å². The molecule has 1 amide bonds. The Morgan fingerprint density at radius 2 is 2.00 bits per heavy atom. The summed E-state index contributed by atoms with van der Waals surface area (Å²) in [5.41, 5.74) is 1.84. The molecule has 0 aliphatic heterocycles. The summed E-state index contributed by atoms with van der Waals surface area (Å²) in [5, 5.41) is 16.4. The predicted molar refractivity (Wildman–Crippen MR) is 90.4 cm³/mol. The molecule has 0 spiro atoms. The highest BCUT2D eigenvalue weighted by Gasteiger charge is 2.25. The van der Waals surface area contributed by atoms with Crippen molar-refractivity contribution in [2.24, 2.45) is 5.41 Å². The Morgan fingerprint density at radius 1 is 1.30 bits per heavy atom. The van der Waals surface area contributed by atoms with Gasteiger partial charge in [0.1, 0.15) is 0 Å². The van der Waals surface area contributed by atoms with Gasteiger partial charge in [0.15, 0.2) is 0 Å². The Labute approximate surface area is 137 Å². The SMILES string of the molecule is CC(C)(C)C(CCO)NC(=O)Cc1ccc(-n2cccn2)cc1. The molecule has 0 saturated heterocycles. The van der Waals surface area contributed by atoms with E-state index in [9.17, 15) is 4.79 Å². The number of nitrogens with zero attached hydrogens (tertiary/aromatic N) is 2. The van der Waals surface area contributed by atoms with E-state index in [1.54, 1.807) is 10.9 Å². The number of rotatable bonds is 6. The van der Waals surface area contributed by atoms with E-state index in [1.807, 2.05) is 36.5 Å². The summed E-state index contributed by atoms with van der Waals surface area (Å²) < 4.78 is 1.78. The van der Waals surface area contributed by atoms with Gasteiger partial charge in [-0.05, 0) is 35.6 Å². The van der Waals surface area contributed by atoms with Crippen molar-refractivity contribution < 1.29 is 9.90 Å². The Balaban J connectivity index is 1.97. The maximum Gasteiger partial charge on any atom is 0.224 e. The van der Waals surface area contributed by atoms with Crippen molar-refractivity contribution in [3.05, 3.63) is 48.3 Å². The van der Waals surface area contributed by atoms with Crippen LogP contribution in [0, 0.1) is 5.41 Å². The molecule has 1 atom stereocenters. The molecule has 5 heteroatoms. The summed E-state index contributed by atoms with van der Waals surface area (Å²) >= 11 is 0. The lowest BCUT2D eigenvalue weighted by Crippen LogP contribution is -2.44. The maximum atomic E-state index is 12.2. The average molecular weight is 315 g/mol. The third kappa shape index (κ3) is 4.93. The number of aliphatic hydroxyl groups is 1. The molecule has 1 aromatic heterocycles. The molecular formula is C18H25N3O2. The van der Waals surface area contributed by atoms with E-state index < -0.39 is 0 Å². The zero-order valence-electron chi connectivity index (χ0n) is 14.0. The average Bonchev–Trinajstić information content (AvgIpc) is 3.01. The number of amides is 1. The third-order valence-corrected chi connectivity index (χ3v) is 3.87. The zero-order chi connectivity index (χ0) is 16.9. The Kier molecular flexibility index (Phi) is 5.55. The van der Waals surface area contributed by atoms with Gasteiger partial charge in [-0.3, -0.25) is 4.79 Å². The summed E-state index contributed by atoms with van der Waals surface area (Å²) in [5.74, 6) is -0.0229. The highest BCUT2D eigenvalue weighted by Crippen LogP contribution is 2.21. The van der Waals surface area contributed by atoms with Gasteiger partial charge in [-0.1, -0.05) is 32.9 Å². The van der Waals surface area contributed by atoms with Crippen molar-refractivity contribution >= 4 is 5.91 Å². The minimum Gasteiger partial charge on any atom is -0.396 e. The number of benzene rings is 1. The van der Waals surface area contributed by atoms with Crippen LogP contribution >= 0.6 is 0 Å². The molecule has 124 valence electrons. The van der Waals surface area contributed by atoms with Gasteiger partial charge in [0.05, 0.1) is 12.1 Å². The van der Waals surface area contributed by atoms with Gasteiger partial charge < -0.3 is 10.4 Å². The van der Waals surface area contributed by atoms with Crippen LogP contribution in [0.1, 0.15) is 32.8 Å². The first-order chi connectivity index (χ1) is 10.9. The fourth-order valence-corrected chi connectivity index (χ4v) is 2.47. The molecule has 2 N–H and O–H groups in total. The van der Waals surface area contributed by atoms with Gasteiger partial charge in [0.25, 0.3) is 0 Å². The number of aliphatic hydroxyl groups excluding tert-OH is 1. The molecule has 5 nitrogen and oxygen atoms in total. The first kappa shape index (κ1) is 17.2. The van der Waals surface area contributed by atoms with Crippen LogP contribution in [0.3, 0.4) is 0 Å². The third-order valence-electron chi connectivity index (χ3n) is 3.87. The van der Waals surface area contributed by atoms with E-state index in [4.69, 9.17) is 5.11 Å². The lowest BCUT2D eigenvalue weighted by molar-refractivity contribution is -0.122. The largest absolute Gasteiger partial charge is 0.396 e. The molecule has 23 heavy (non-hydrogen) atoms. The molecule has 0 fully saturated rings. The fourth-order valence-electron chi connectivity index (χ4n) is 2.47. The summed E-state index contributed by atoms with van der Waals surface area (Å²) in [6.07, 6.45) is 4.50. The van der Waals surface area contributed by atoms with E-state index >= 15 is 0 Å². The van der Waals surface area contributed by atoms with Crippen LogP contribution in [0.2, 0.25) is 0 Å². The smallest absolute Gasteiger partial charge is 0.224 e. The van der Waals surface area contributed by atoms with E-state index in [-0.39, 0.29) is 24.0 Å². The van der Waals surface area contributed by atoms with E-state index in [0.29, 0.717) is 12.8 Å². The van der Waals surface area contributed by atoms with Gasteiger partial charge in [-0.2, -0.15) is 5.10 Å². The summed E-state index contributed by atoms with van der Waals surface area (Å²) in [7, 11) is 0. The number of aromatic nitrogens is 2. The van der Waals surface area contributed by atoms with E-state index in [2.05, 4.69) is 31.2 Å². The van der Waals surface area contributed by atoms with Crippen LogP contribution in [-0.4, -0.2) is 33.4 Å². The summed E-state index contributed by atoms with van der Waals surface area (Å²) in [4.78, 5) is 12.2. The second-order valence-corrected chi connectivity index (χ2v) is 6.79. The molecule has 2 rings (SSSR count). The predicted octanol–water partition coefficient (Wildman–Crippen LogP) is 2.33. The monoisotopic (exact) mass is 315 g/mol. The van der Waals surface area contributed by atoms with Gasteiger partial charge in [0, 0.05) is 25.0 Å². The number of carbonyl (C=O) groups excluding carboxylic acids is 1. The van der Waals surface area contributed by atoms with Crippen LogP contribution in [-0.2, 0) is 11.2 Å². The van der Waals surface area contributed by atoms with Crippen molar-refractivity contribution in [3.8, 4) is 5.69 Å². The van der Waals surface area contributed by atoms with Crippen molar-refractivity contribution in [1.82, 2.24) is 15.1 Å². The van der Waals surface area contributed by atoms with Gasteiger partial charge in [-0.25, -0.2) is 4.68 Å². The Hall–Kier alpha value is -2.14. The number of hydrogen-bond donors (Lipinski definition) is 2. The molecule has 0 bridgehead atoms. The lowest BCUT2D eigenvalue weighted by atomic mass is 9.85. The molecule has 1 unspecified atom stereocenters. The van der Waals surface area contributed by atoms with Crippen molar-refractivity contribution in [1.29, 1.82) is 0 Å². The van der Waals surface area contributed by atoms with Crippen LogP contribution < -0.4 is 5.32 Å². The maximum absolute atomic E-state index is 12.2. The molecule has 0 aliphatic rings. The van der Waals surface area contributed by atoms with Crippen molar-refractivity contribution in [3.63, 3.8) is 0 Å². The Bertz CT molecular complexity index is 613. The first-order valence-corrected chi connectivity index (χ1v) is 7.89. The van der Waals surface area contributed by atoms with Crippen molar-refractivity contribution in [2.45, 2.75) is 39.7 Å².